The van der Waals surface area contributed by atoms with E-state index in [1.807, 2.05) is 0 Å². The molecule has 1 aromatic carbocycles. The molecule has 3 aromatic rings. The molecule has 1 saturated heterocycles. The minimum atomic E-state index is -0.239. The average molecular weight is 355 g/mol. The summed E-state index contributed by atoms with van der Waals surface area (Å²) >= 11 is 0. The second-order valence-electron chi connectivity index (χ2n) is 7.17. The monoisotopic (exact) mass is 355 g/mol. The standard InChI is InChI=1S/C19H23N5O2/c1-22-16-15(17(25)23(2)19(22)26)20-18(21-16)24-10-8-14(9-11-24)12-13-6-4-3-5-7-13/h3-7,14H,8-12H2,1-2H3,(H,20,21,25)/p+2. The van der Waals surface area contributed by atoms with Crippen molar-refractivity contribution in [3.8, 4) is 6.01 Å². The van der Waals surface area contributed by atoms with Crippen LogP contribution in [0, 0.1) is 5.92 Å². The summed E-state index contributed by atoms with van der Waals surface area (Å²) in [6.07, 6.45) is 3.36. The Bertz CT molecular complexity index is 985. The number of hydrogen-bond donors (Lipinski definition) is 2. The maximum Gasteiger partial charge on any atom is 0.519 e. The third kappa shape index (κ3) is 2.83. The van der Waals surface area contributed by atoms with Gasteiger partial charge in [0, 0.05) is 13.1 Å². The van der Waals surface area contributed by atoms with Gasteiger partial charge in [-0.05, 0) is 30.7 Å². The van der Waals surface area contributed by atoms with E-state index in [-0.39, 0.29) is 11.6 Å². The Hall–Kier alpha value is -2.83. The number of aromatic nitrogens is 4. The van der Waals surface area contributed by atoms with Crippen molar-refractivity contribution in [1.82, 2.24) is 9.55 Å². The van der Waals surface area contributed by atoms with E-state index in [1.165, 1.54) is 10.1 Å². The van der Waals surface area contributed by atoms with Crippen molar-refractivity contribution >= 4 is 17.1 Å². The summed E-state index contributed by atoms with van der Waals surface area (Å²) in [7, 11) is 3.30. The maximum atomic E-state index is 12.4. The molecule has 0 amide bonds. The lowest BCUT2D eigenvalue weighted by Crippen LogP contribution is -2.41. The number of rotatable bonds is 3. The smallest absolute Gasteiger partial charge is 0.434 e. The SMILES string of the molecule is Cn1c(O)[n+](C)c2[nH+]c(N3CCC(Cc4ccccc4)CC3)[nH]c2c1=O. The van der Waals surface area contributed by atoms with E-state index in [0.29, 0.717) is 17.1 Å². The first-order valence-electron chi connectivity index (χ1n) is 9.06. The van der Waals surface area contributed by atoms with Crippen molar-refractivity contribution in [1.29, 1.82) is 0 Å². The highest BCUT2D eigenvalue weighted by molar-refractivity contribution is 5.64. The summed E-state index contributed by atoms with van der Waals surface area (Å²) < 4.78 is 2.82. The van der Waals surface area contributed by atoms with Crippen LogP contribution in [0.1, 0.15) is 18.4 Å². The molecule has 3 N–H and O–H groups in total. The number of imidazole rings is 1. The van der Waals surface area contributed by atoms with Crippen molar-refractivity contribution in [2.24, 2.45) is 20.0 Å². The van der Waals surface area contributed by atoms with E-state index < -0.39 is 0 Å². The summed E-state index contributed by atoms with van der Waals surface area (Å²) in [4.78, 5) is 21.1. The molecule has 0 atom stereocenters. The van der Waals surface area contributed by atoms with Crippen LogP contribution in [0.5, 0.6) is 6.01 Å². The van der Waals surface area contributed by atoms with Crippen molar-refractivity contribution in [2.75, 3.05) is 18.0 Å². The average Bonchev–Trinajstić information content (AvgIpc) is 3.12. The van der Waals surface area contributed by atoms with Crippen LogP contribution in [0.3, 0.4) is 0 Å². The minimum Gasteiger partial charge on any atom is -0.434 e. The summed E-state index contributed by atoms with van der Waals surface area (Å²) in [5, 5.41) is 10.1. The zero-order chi connectivity index (χ0) is 18.3. The van der Waals surface area contributed by atoms with Crippen molar-refractivity contribution in [2.45, 2.75) is 19.3 Å². The highest BCUT2D eigenvalue weighted by atomic mass is 16.3. The van der Waals surface area contributed by atoms with Gasteiger partial charge in [0.1, 0.15) is 14.1 Å². The number of benzene rings is 1. The Balaban J connectivity index is 1.52. The summed E-state index contributed by atoms with van der Waals surface area (Å²) in [5.74, 6) is 1.52. The number of nitrogens with zero attached hydrogens (tertiary/aromatic N) is 3. The largest absolute Gasteiger partial charge is 0.519 e. The highest BCUT2D eigenvalue weighted by Gasteiger charge is 2.30. The van der Waals surface area contributed by atoms with Crippen LogP contribution in [-0.2, 0) is 20.5 Å². The van der Waals surface area contributed by atoms with Gasteiger partial charge >= 0.3 is 23.2 Å². The van der Waals surface area contributed by atoms with Gasteiger partial charge in [-0.15, -0.1) is 9.13 Å². The molecule has 1 fully saturated rings. The molecular weight excluding hydrogens is 330 g/mol. The Morgan fingerprint density at radius 3 is 2.65 bits per heavy atom. The second-order valence-corrected chi connectivity index (χ2v) is 7.17. The molecule has 0 bridgehead atoms. The van der Waals surface area contributed by atoms with Crippen LogP contribution in [0.4, 0.5) is 5.95 Å². The van der Waals surface area contributed by atoms with Crippen molar-refractivity contribution in [3.05, 3.63) is 46.2 Å². The van der Waals surface area contributed by atoms with Crippen LogP contribution in [0.15, 0.2) is 35.1 Å². The van der Waals surface area contributed by atoms with E-state index in [2.05, 4.69) is 45.2 Å². The second kappa shape index (κ2) is 6.48. The van der Waals surface area contributed by atoms with E-state index in [4.69, 9.17) is 0 Å². The minimum absolute atomic E-state index is 0.0779. The first-order valence-corrected chi connectivity index (χ1v) is 9.06. The fourth-order valence-electron chi connectivity index (χ4n) is 3.84. The molecule has 0 spiro atoms. The molecule has 7 nitrogen and oxygen atoms in total. The van der Waals surface area contributed by atoms with Crippen molar-refractivity contribution in [3.63, 3.8) is 0 Å². The quantitative estimate of drug-likeness (QED) is 0.678. The Kier molecular flexibility index (Phi) is 4.14. The van der Waals surface area contributed by atoms with Gasteiger partial charge in [-0.2, -0.15) is 4.98 Å². The van der Waals surface area contributed by atoms with Crippen LogP contribution in [0.2, 0.25) is 0 Å². The zero-order valence-electron chi connectivity index (χ0n) is 15.2. The molecule has 7 heteroatoms. The van der Waals surface area contributed by atoms with E-state index in [9.17, 15) is 9.90 Å². The lowest BCUT2D eigenvalue weighted by Gasteiger charge is -2.30. The number of aromatic amines is 2. The molecule has 1 aliphatic heterocycles. The molecule has 2 aromatic heterocycles. The third-order valence-corrected chi connectivity index (χ3v) is 5.47. The molecular formula is C19H25N5O2+2. The van der Waals surface area contributed by atoms with Gasteiger partial charge in [-0.1, -0.05) is 30.3 Å². The van der Waals surface area contributed by atoms with Gasteiger partial charge < -0.3 is 10.0 Å². The van der Waals surface area contributed by atoms with Gasteiger partial charge in [0.15, 0.2) is 0 Å². The number of piperidine rings is 1. The zero-order valence-corrected chi connectivity index (χ0v) is 15.2. The third-order valence-electron chi connectivity index (χ3n) is 5.47. The number of anilines is 1. The molecule has 0 unspecified atom stereocenters. The Morgan fingerprint density at radius 2 is 1.96 bits per heavy atom. The van der Waals surface area contributed by atoms with Crippen molar-refractivity contribution < 1.29 is 14.7 Å². The molecule has 3 heterocycles. The number of aromatic hydroxyl groups is 1. The number of H-pyrrole nitrogens is 2. The van der Waals surface area contributed by atoms with Gasteiger partial charge in [0.05, 0.1) is 0 Å². The fraction of sp³-hybridized carbons (Fsp3) is 0.421. The number of aryl methyl sites for hydroxylation is 1. The molecule has 1 aliphatic rings. The molecule has 4 rings (SSSR count). The fourth-order valence-corrected chi connectivity index (χ4v) is 3.84. The predicted molar refractivity (Wildman–Crippen MR) is 98.0 cm³/mol. The van der Waals surface area contributed by atoms with Crippen LogP contribution < -0.4 is 20.0 Å². The number of hydrogen-bond acceptors (Lipinski definition) is 3. The van der Waals surface area contributed by atoms with Crippen LogP contribution in [-0.4, -0.2) is 27.7 Å². The number of fused-ring (bicyclic) bond motifs is 1. The van der Waals surface area contributed by atoms with Crippen LogP contribution in [0.25, 0.3) is 11.2 Å². The van der Waals surface area contributed by atoms with Gasteiger partial charge in [0.2, 0.25) is 0 Å². The molecule has 0 saturated carbocycles. The lowest BCUT2D eigenvalue weighted by atomic mass is 9.90. The van der Waals surface area contributed by atoms with E-state index in [1.54, 1.807) is 18.7 Å². The van der Waals surface area contributed by atoms with Gasteiger partial charge in [-0.25, -0.2) is 4.79 Å². The first-order chi connectivity index (χ1) is 12.5. The van der Waals surface area contributed by atoms with Gasteiger partial charge in [-0.3, -0.25) is 4.98 Å². The normalized spacial score (nSPS) is 15.7. The molecule has 0 aliphatic carbocycles. The molecule has 0 radical (unpaired) electrons. The predicted octanol–water partition coefficient (Wildman–Crippen LogP) is 0.670. The van der Waals surface area contributed by atoms with Gasteiger partial charge in [0.25, 0.3) is 5.52 Å². The maximum absolute atomic E-state index is 12.4. The number of nitrogens with one attached hydrogen (secondary N) is 2. The highest BCUT2D eigenvalue weighted by Crippen LogP contribution is 2.23. The molecule has 26 heavy (non-hydrogen) atoms. The Morgan fingerprint density at radius 1 is 1.27 bits per heavy atom. The van der Waals surface area contributed by atoms with E-state index in [0.717, 1.165) is 38.3 Å². The summed E-state index contributed by atoms with van der Waals surface area (Å²) in [5.41, 5.74) is 2.24. The van der Waals surface area contributed by atoms with E-state index >= 15 is 0 Å². The summed E-state index contributed by atoms with van der Waals surface area (Å²) in [6.45, 7) is 1.88. The summed E-state index contributed by atoms with van der Waals surface area (Å²) in [6, 6.07) is 10.6. The molecule has 136 valence electrons. The first kappa shape index (κ1) is 16.6. The lowest BCUT2D eigenvalue weighted by molar-refractivity contribution is -0.690. The Labute approximate surface area is 151 Å². The van der Waals surface area contributed by atoms with Crippen LogP contribution >= 0.6 is 0 Å². The topological polar surface area (TPSA) is 79.3 Å².